The van der Waals surface area contributed by atoms with Crippen molar-refractivity contribution in [1.82, 2.24) is 14.9 Å². The molecular formula is C15H18ClN3O2. The molecule has 0 spiro atoms. The first-order chi connectivity index (χ1) is 10.3. The number of carbonyl (C=O) groups is 1. The van der Waals surface area contributed by atoms with Crippen LogP contribution in [0.15, 0.2) is 24.5 Å². The summed E-state index contributed by atoms with van der Waals surface area (Å²) >= 11 is 5.52. The summed E-state index contributed by atoms with van der Waals surface area (Å²) in [5.41, 5.74) is 3.36. The highest BCUT2D eigenvalue weighted by Gasteiger charge is 2.26. The smallest absolute Gasteiger partial charge is 0.409 e. The molecule has 1 N–H and O–H groups in total. The van der Waals surface area contributed by atoms with E-state index >= 15 is 0 Å². The summed E-state index contributed by atoms with van der Waals surface area (Å²) < 4.78 is 5.06. The zero-order valence-corrected chi connectivity index (χ0v) is 12.5. The van der Waals surface area contributed by atoms with Crippen molar-refractivity contribution in [3.8, 4) is 0 Å². The van der Waals surface area contributed by atoms with E-state index in [9.17, 15) is 4.79 Å². The summed E-state index contributed by atoms with van der Waals surface area (Å²) in [6, 6.07) is 3.96. The summed E-state index contributed by atoms with van der Waals surface area (Å²) in [7, 11) is 0. The van der Waals surface area contributed by atoms with E-state index in [1.54, 1.807) is 4.90 Å². The Morgan fingerprint density at radius 2 is 2.29 bits per heavy atom. The van der Waals surface area contributed by atoms with Crippen LogP contribution >= 0.6 is 11.6 Å². The van der Waals surface area contributed by atoms with Crippen LogP contribution in [0, 0.1) is 0 Å². The van der Waals surface area contributed by atoms with Crippen molar-refractivity contribution in [3.05, 3.63) is 30.1 Å². The second kappa shape index (κ2) is 6.35. The predicted octanol–water partition coefficient (Wildman–Crippen LogP) is 3.12. The Hall–Kier alpha value is -1.75. The number of fused-ring (bicyclic) bond motifs is 1. The number of nitrogens with zero attached hydrogens (tertiary/aromatic N) is 2. The Balaban J connectivity index is 1.64. The van der Waals surface area contributed by atoms with Crippen molar-refractivity contribution >= 4 is 28.7 Å². The number of likely N-dealkylation sites (tertiary alicyclic amines) is 1. The van der Waals surface area contributed by atoms with Gasteiger partial charge in [-0.2, -0.15) is 0 Å². The molecule has 0 bridgehead atoms. The van der Waals surface area contributed by atoms with E-state index in [0.717, 1.165) is 23.9 Å². The fourth-order valence-corrected chi connectivity index (χ4v) is 2.95. The van der Waals surface area contributed by atoms with Gasteiger partial charge >= 0.3 is 6.09 Å². The van der Waals surface area contributed by atoms with E-state index < -0.39 is 0 Å². The Morgan fingerprint density at radius 3 is 3.05 bits per heavy atom. The van der Waals surface area contributed by atoms with Crippen LogP contribution in [0.25, 0.3) is 11.0 Å². The van der Waals surface area contributed by atoms with Crippen LogP contribution < -0.4 is 0 Å². The summed E-state index contributed by atoms with van der Waals surface area (Å²) in [5.74, 6) is 0.772. The number of pyridine rings is 1. The lowest BCUT2D eigenvalue weighted by Crippen LogP contribution is -2.38. The number of halogens is 1. The van der Waals surface area contributed by atoms with E-state index in [2.05, 4.69) is 9.97 Å². The third-order valence-corrected chi connectivity index (χ3v) is 4.11. The van der Waals surface area contributed by atoms with Crippen molar-refractivity contribution in [2.45, 2.75) is 18.8 Å². The average molecular weight is 308 g/mol. The summed E-state index contributed by atoms with van der Waals surface area (Å²) in [6.45, 7) is 1.70. The monoisotopic (exact) mass is 307 g/mol. The van der Waals surface area contributed by atoms with Gasteiger partial charge in [0.05, 0.1) is 16.9 Å². The maximum atomic E-state index is 11.8. The molecule has 1 saturated heterocycles. The first-order valence-electron chi connectivity index (χ1n) is 7.19. The molecule has 5 nitrogen and oxygen atoms in total. The van der Waals surface area contributed by atoms with Gasteiger partial charge in [0.15, 0.2) is 0 Å². The topological polar surface area (TPSA) is 58.2 Å². The molecule has 3 rings (SSSR count). The lowest BCUT2D eigenvalue weighted by molar-refractivity contribution is 0.0977. The number of nitrogens with one attached hydrogen (secondary N) is 1. The van der Waals surface area contributed by atoms with Crippen LogP contribution in [-0.4, -0.2) is 46.5 Å². The zero-order chi connectivity index (χ0) is 14.7. The summed E-state index contributed by atoms with van der Waals surface area (Å²) in [4.78, 5) is 21.3. The number of rotatable bonds is 3. The molecule has 2 aromatic heterocycles. The van der Waals surface area contributed by atoms with Crippen molar-refractivity contribution in [1.29, 1.82) is 0 Å². The Morgan fingerprint density at radius 1 is 1.48 bits per heavy atom. The number of aromatic amines is 1. The minimum absolute atomic E-state index is 0.258. The third kappa shape index (κ3) is 2.97. The van der Waals surface area contributed by atoms with Gasteiger partial charge in [0.2, 0.25) is 0 Å². The number of piperidine rings is 1. The molecule has 0 atom stereocenters. The van der Waals surface area contributed by atoms with Crippen LogP contribution in [0.5, 0.6) is 0 Å². The molecule has 0 aliphatic carbocycles. The number of alkyl halides is 1. The molecule has 2 aromatic rings. The second-order valence-electron chi connectivity index (χ2n) is 5.21. The van der Waals surface area contributed by atoms with Gasteiger partial charge in [0.1, 0.15) is 6.61 Å². The largest absolute Gasteiger partial charge is 0.448 e. The van der Waals surface area contributed by atoms with Crippen LogP contribution in [-0.2, 0) is 4.74 Å². The highest BCUT2D eigenvalue weighted by atomic mass is 35.5. The number of amides is 1. The van der Waals surface area contributed by atoms with Crippen molar-refractivity contribution in [2.24, 2.45) is 0 Å². The van der Waals surface area contributed by atoms with Gasteiger partial charge in [-0.1, -0.05) is 0 Å². The number of hydrogen-bond acceptors (Lipinski definition) is 3. The molecule has 1 aliphatic heterocycles. The first-order valence-corrected chi connectivity index (χ1v) is 7.72. The number of ether oxygens (including phenoxy) is 1. The van der Waals surface area contributed by atoms with Gasteiger partial charge in [-0.3, -0.25) is 4.98 Å². The maximum Gasteiger partial charge on any atom is 0.409 e. The number of H-pyrrole nitrogens is 1. The highest BCUT2D eigenvalue weighted by molar-refractivity contribution is 6.18. The van der Waals surface area contributed by atoms with Crippen molar-refractivity contribution < 1.29 is 9.53 Å². The Kier molecular flexibility index (Phi) is 4.29. The van der Waals surface area contributed by atoms with Crippen molar-refractivity contribution in [3.63, 3.8) is 0 Å². The van der Waals surface area contributed by atoms with E-state index in [4.69, 9.17) is 16.3 Å². The lowest BCUT2D eigenvalue weighted by Gasteiger charge is -2.31. The lowest BCUT2D eigenvalue weighted by atomic mass is 9.90. The van der Waals surface area contributed by atoms with Crippen LogP contribution in [0.3, 0.4) is 0 Å². The SMILES string of the molecule is O=C(OCCCl)N1CCC(c2c[nH]c3cccnc23)CC1. The fraction of sp³-hybridized carbons (Fsp3) is 0.467. The molecule has 6 heteroatoms. The van der Waals surface area contributed by atoms with Gasteiger partial charge in [-0.05, 0) is 36.5 Å². The normalized spacial score (nSPS) is 16.3. The third-order valence-electron chi connectivity index (χ3n) is 3.96. The minimum Gasteiger partial charge on any atom is -0.448 e. The molecule has 21 heavy (non-hydrogen) atoms. The van der Waals surface area contributed by atoms with E-state index in [0.29, 0.717) is 24.9 Å². The van der Waals surface area contributed by atoms with E-state index in [1.165, 1.54) is 5.56 Å². The first kappa shape index (κ1) is 14.2. The number of aromatic nitrogens is 2. The molecule has 0 saturated carbocycles. The van der Waals surface area contributed by atoms with Crippen LogP contribution in [0.2, 0.25) is 0 Å². The van der Waals surface area contributed by atoms with Gasteiger partial charge in [-0.15, -0.1) is 11.6 Å². The molecule has 1 aliphatic rings. The standard InChI is InChI=1S/C15H18ClN3O2/c16-5-9-21-15(20)19-7-3-11(4-8-19)12-10-18-13-2-1-6-17-14(12)13/h1-2,6,10-11,18H,3-5,7-9H2. The van der Waals surface area contributed by atoms with E-state index in [-0.39, 0.29) is 12.7 Å². The summed E-state index contributed by atoms with van der Waals surface area (Å²) in [6.07, 6.45) is 5.47. The average Bonchev–Trinajstić information content (AvgIpc) is 2.97. The quantitative estimate of drug-likeness (QED) is 0.886. The molecule has 0 aromatic carbocycles. The molecule has 0 unspecified atom stereocenters. The fourth-order valence-electron chi connectivity index (χ4n) is 2.88. The summed E-state index contributed by atoms with van der Waals surface area (Å²) in [5, 5.41) is 0. The van der Waals surface area contributed by atoms with Gasteiger partial charge in [-0.25, -0.2) is 4.79 Å². The molecule has 112 valence electrons. The maximum absolute atomic E-state index is 11.8. The molecule has 1 amide bonds. The highest BCUT2D eigenvalue weighted by Crippen LogP contribution is 2.32. The molecule has 1 fully saturated rings. The predicted molar refractivity (Wildman–Crippen MR) is 81.7 cm³/mol. The van der Waals surface area contributed by atoms with Crippen LogP contribution in [0.4, 0.5) is 4.79 Å². The number of hydrogen-bond donors (Lipinski definition) is 1. The Labute approximate surface area is 128 Å². The molecular weight excluding hydrogens is 290 g/mol. The van der Waals surface area contributed by atoms with Gasteiger partial charge in [0, 0.05) is 25.5 Å². The molecule has 0 radical (unpaired) electrons. The van der Waals surface area contributed by atoms with E-state index in [1.807, 2.05) is 24.5 Å². The van der Waals surface area contributed by atoms with Gasteiger partial charge in [0.25, 0.3) is 0 Å². The van der Waals surface area contributed by atoms with Gasteiger partial charge < -0.3 is 14.6 Å². The second-order valence-corrected chi connectivity index (χ2v) is 5.59. The molecule has 3 heterocycles. The van der Waals surface area contributed by atoms with Crippen molar-refractivity contribution in [2.75, 3.05) is 25.6 Å². The zero-order valence-electron chi connectivity index (χ0n) is 11.7. The minimum atomic E-state index is -0.258. The van der Waals surface area contributed by atoms with Crippen LogP contribution in [0.1, 0.15) is 24.3 Å². The number of carbonyl (C=O) groups excluding carboxylic acids is 1. The Bertz CT molecular complexity index is 620.